The molecular weight excluding hydrogens is 462 g/mol. The Kier molecular flexibility index (Phi) is 7.13. The van der Waals surface area contributed by atoms with Crippen molar-refractivity contribution in [2.75, 3.05) is 26.8 Å². The average Bonchev–Trinajstić information content (AvgIpc) is 3.56. The van der Waals surface area contributed by atoms with Gasteiger partial charge in [0.2, 0.25) is 15.8 Å². The number of methoxy groups -OCH3 is 1. The Balaban J connectivity index is 1.49. The summed E-state index contributed by atoms with van der Waals surface area (Å²) in [6, 6.07) is 11.4. The Morgan fingerprint density at radius 1 is 1.12 bits per heavy atom. The number of carbonyl (C=O) groups is 1. The summed E-state index contributed by atoms with van der Waals surface area (Å²) in [5.74, 6) is 0.443. The predicted molar refractivity (Wildman–Crippen MR) is 121 cm³/mol. The van der Waals surface area contributed by atoms with Gasteiger partial charge in [0.25, 0.3) is 5.89 Å². The maximum atomic E-state index is 13.0. The summed E-state index contributed by atoms with van der Waals surface area (Å²) in [5.41, 5.74) is 0.720. The molecule has 0 N–H and O–H groups in total. The number of ether oxygens (including phenoxy) is 3. The van der Waals surface area contributed by atoms with Crippen LogP contribution in [0.25, 0.3) is 11.4 Å². The van der Waals surface area contributed by atoms with Crippen LogP contribution in [0.15, 0.2) is 51.9 Å². The zero-order chi connectivity index (χ0) is 24.1. The first-order valence-electron chi connectivity index (χ1n) is 10.8. The summed E-state index contributed by atoms with van der Waals surface area (Å²) < 4.78 is 48.8. The molecule has 0 radical (unpaired) electrons. The van der Waals surface area contributed by atoms with Gasteiger partial charge < -0.3 is 18.7 Å². The van der Waals surface area contributed by atoms with E-state index in [-0.39, 0.29) is 28.7 Å². The smallest absolute Gasteiger partial charge is 0.338 e. The first-order valence-corrected chi connectivity index (χ1v) is 12.3. The van der Waals surface area contributed by atoms with Gasteiger partial charge in [0.1, 0.15) is 16.4 Å². The van der Waals surface area contributed by atoms with Crippen molar-refractivity contribution >= 4 is 16.0 Å². The van der Waals surface area contributed by atoms with Gasteiger partial charge in [-0.25, -0.2) is 13.2 Å². The lowest BCUT2D eigenvalue weighted by atomic mass is 10.2. The molecule has 0 unspecified atom stereocenters. The molecule has 1 saturated heterocycles. The van der Waals surface area contributed by atoms with E-state index in [1.54, 1.807) is 12.1 Å². The number of aromatic nitrogens is 2. The van der Waals surface area contributed by atoms with Gasteiger partial charge >= 0.3 is 5.97 Å². The maximum absolute atomic E-state index is 13.0. The van der Waals surface area contributed by atoms with E-state index in [2.05, 4.69) is 10.1 Å². The van der Waals surface area contributed by atoms with Crippen molar-refractivity contribution < 1.29 is 31.9 Å². The highest BCUT2D eigenvalue weighted by atomic mass is 32.2. The number of hydrogen-bond donors (Lipinski definition) is 0. The Bertz CT molecular complexity index is 1270. The van der Waals surface area contributed by atoms with Crippen LogP contribution in [-0.2, 0) is 21.4 Å². The predicted octanol–water partition coefficient (Wildman–Crippen LogP) is 3.29. The minimum absolute atomic E-state index is 0.0694. The summed E-state index contributed by atoms with van der Waals surface area (Å²) in [6.07, 6.45) is 1.59. The molecule has 1 fully saturated rings. The van der Waals surface area contributed by atoms with Crippen LogP contribution >= 0.6 is 0 Å². The van der Waals surface area contributed by atoms with Crippen LogP contribution in [0.2, 0.25) is 0 Å². The fourth-order valence-corrected chi connectivity index (χ4v) is 5.34. The first-order chi connectivity index (χ1) is 16.4. The third-order valence-electron chi connectivity index (χ3n) is 5.30. The molecule has 0 aliphatic carbocycles. The number of sulfonamides is 1. The molecular formula is C23H25N3O7S. The van der Waals surface area contributed by atoms with E-state index in [4.69, 9.17) is 18.7 Å². The summed E-state index contributed by atoms with van der Waals surface area (Å²) in [6.45, 7) is 2.95. The van der Waals surface area contributed by atoms with E-state index in [9.17, 15) is 13.2 Å². The van der Waals surface area contributed by atoms with Crippen LogP contribution in [0.3, 0.4) is 0 Å². The molecule has 10 nitrogen and oxygen atoms in total. The topological polar surface area (TPSA) is 121 Å². The summed E-state index contributed by atoms with van der Waals surface area (Å²) in [7, 11) is -2.41. The molecule has 0 saturated carbocycles. The highest BCUT2D eigenvalue weighted by Crippen LogP contribution is 2.30. The summed E-state index contributed by atoms with van der Waals surface area (Å²) in [5, 5.41) is 3.93. The summed E-state index contributed by atoms with van der Waals surface area (Å²) in [4.78, 5) is 16.9. The number of carbonyl (C=O) groups excluding carboxylic acids is 1. The van der Waals surface area contributed by atoms with Crippen molar-refractivity contribution in [2.45, 2.75) is 31.3 Å². The number of benzene rings is 2. The fourth-order valence-electron chi connectivity index (χ4n) is 3.64. The fraction of sp³-hybridized carbons (Fsp3) is 0.348. The average molecular weight is 488 g/mol. The third-order valence-corrected chi connectivity index (χ3v) is 7.22. The van der Waals surface area contributed by atoms with Crippen LogP contribution < -0.4 is 9.47 Å². The van der Waals surface area contributed by atoms with E-state index < -0.39 is 16.0 Å². The standard InChI is InChI=1S/C23H25N3O7S/c1-3-31-18-9-5-4-8-17(18)22-24-21(33-25-22)15-32-23(27)16-10-11-19(30-2)20(14-16)34(28,29)26-12-6-7-13-26/h4-5,8-11,14H,3,6-7,12-13,15H2,1-2H3. The van der Waals surface area contributed by atoms with Gasteiger partial charge in [-0.1, -0.05) is 17.3 Å². The van der Waals surface area contributed by atoms with Crippen molar-refractivity contribution in [3.63, 3.8) is 0 Å². The lowest BCUT2D eigenvalue weighted by molar-refractivity contribution is 0.0429. The van der Waals surface area contributed by atoms with Gasteiger partial charge in [0.15, 0.2) is 6.61 Å². The van der Waals surface area contributed by atoms with E-state index in [0.29, 0.717) is 36.8 Å². The Morgan fingerprint density at radius 3 is 2.62 bits per heavy atom. The van der Waals surface area contributed by atoms with Crippen LogP contribution in [-0.4, -0.2) is 55.6 Å². The Hall–Kier alpha value is -3.44. The van der Waals surface area contributed by atoms with E-state index in [0.717, 1.165) is 12.8 Å². The van der Waals surface area contributed by atoms with Crippen molar-refractivity contribution in [3.05, 3.63) is 53.9 Å². The SMILES string of the molecule is CCOc1ccccc1-c1noc(COC(=O)c2ccc(OC)c(S(=O)(=O)N3CCCC3)c2)n1. The number of esters is 1. The first kappa shape index (κ1) is 23.7. The van der Waals surface area contributed by atoms with Gasteiger partial charge in [0.05, 0.1) is 24.8 Å². The molecule has 0 spiro atoms. The lowest BCUT2D eigenvalue weighted by Gasteiger charge is -2.18. The molecule has 1 aliphatic rings. The molecule has 0 bridgehead atoms. The second kappa shape index (κ2) is 10.2. The molecule has 2 aromatic carbocycles. The second-order valence-electron chi connectivity index (χ2n) is 7.49. The monoisotopic (exact) mass is 487 g/mol. The third kappa shape index (κ3) is 4.90. The lowest BCUT2D eigenvalue weighted by Crippen LogP contribution is -2.28. The van der Waals surface area contributed by atoms with Crippen molar-refractivity contribution in [1.29, 1.82) is 0 Å². The second-order valence-corrected chi connectivity index (χ2v) is 9.40. The molecule has 2 heterocycles. The Labute approximate surface area is 197 Å². The van der Waals surface area contributed by atoms with E-state index in [1.807, 2.05) is 19.1 Å². The number of para-hydroxylation sites is 1. The van der Waals surface area contributed by atoms with Crippen LogP contribution in [0.1, 0.15) is 36.0 Å². The van der Waals surface area contributed by atoms with Crippen molar-refractivity contribution in [1.82, 2.24) is 14.4 Å². The normalized spacial score (nSPS) is 14.2. The van der Waals surface area contributed by atoms with Crippen LogP contribution in [0.4, 0.5) is 0 Å². The molecule has 11 heteroatoms. The van der Waals surface area contributed by atoms with Crippen molar-refractivity contribution in [2.24, 2.45) is 0 Å². The molecule has 0 atom stereocenters. The highest BCUT2D eigenvalue weighted by Gasteiger charge is 2.31. The molecule has 0 amide bonds. The van der Waals surface area contributed by atoms with E-state index in [1.165, 1.54) is 29.6 Å². The molecule has 1 aromatic heterocycles. The summed E-state index contributed by atoms with van der Waals surface area (Å²) >= 11 is 0. The molecule has 34 heavy (non-hydrogen) atoms. The minimum atomic E-state index is -3.79. The Morgan fingerprint density at radius 2 is 1.88 bits per heavy atom. The van der Waals surface area contributed by atoms with Gasteiger partial charge in [-0.15, -0.1) is 0 Å². The highest BCUT2D eigenvalue weighted by molar-refractivity contribution is 7.89. The van der Waals surface area contributed by atoms with Crippen molar-refractivity contribution in [3.8, 4) is 22.9 Å². The zero-order valence-corrected chi connectivity index (χ0v) is 19.7. The molecule has 1 aliphatic heterocycles. The van der Waals surface area contributed by atoms with Gasteiger partial charge in [-0.2, -0.15) is 9.29 Å². The quantitative estimate of drug-likeness (QED) is 0.419. The molecule has 3 aromatic rings. The van der Waals surface area contributed by atoms with Gasteiger partial charge in [0, 0.05) is 13.1 Å². The maximum Gasteiger partial charge on any atom is 0.338 e. The molecule has 180 valence electrons. The number of nitrogens with zero attached hydrogens (tertiary/aromatic N) is 3. The van der Waals surface area contributed by atoms with Crippen LogP contribution in [0.5, 0.6) is 11.5 Å². The minimum Gasteiger partial charge on any atom is -0.495 e. The molecule has 4 rings (SSSR count). The zero-order valence-electron chi connectivity index (χ0n) is 18.9. The number of rotatable bonds is 9. The van der Waals surface area contributed by atoms with Gasteiger partial charge in [-0.05, 0) is 50.1 Å². The van der Waals surface area contributed by atoms with Crippen LogP contribution in [0, 0.1) is 0 Å². The largest absolute Gasteiger partial charge is 0.495 e. The number of hydrogen-bond acceptors (Lipinski definition) is 9. The van der Waals surface area contributed by atoms with Gasteiger partial charge in [-0.3, -0.25) is 0 Å². The van der Waals surface area contributed by atoms with E-state index >= 15 is 0 Å².